The van der Waals surface area contributed by atoms with Crippen LogP contribution in [-0.4, -0.2) is 22.8 Å². The van der Waals surface area contributed by atoms with Crippen LogP contribution in [0.3, 0.4) is 0 Å². The third-order valence-electron chi connectivity index (χ3n) is 6.53. The molecular weight excluding hydrogens is 432 g/mol. The predicted molar refractivity (Wildman–Crippen MR) is 155 cm³/mol. The van der Waals surface area contributed by atoms with Crippen molar-refractivity contribution >= 4 is 5.97 Å². The SMILES string of the molecule is CC(C)=CCC/C(C)=C/CO.CCCCCCCCCCCCCCCCCCCCCC(=O)O. The van der Waals surface area contributed by atoms with Gasteiger partial charge in [0.1, 0.15) is 0 Å². The Morgan fingerprint density at radius 3 is 1.26 bits per heavy atom. The van der Waals surface area contributed by atoms with Crippen LogP contribution in [-0.2, 0) is 4.79 Å². The zero-order valence-electron chi connectivity index (χ0n) is 24.2. The molecule has 0 rings (SSSR count). The molecule has 0 bridgehead atoms. The maximum atomic E-state index is 10.4. The van der Waals surface area contributed by atoms with E-state index in [1.54, 1.807) is 0 Å². The Hall–Kier alpha value is -1.09. The maximum Gasteiger partial charge on any atom is 0.303 e. The van der Waals surface area contributed by atoms with E-state index in [-0.39, 0.29) is 6.61 Å². The van der Waals surface area contributed by atoms with Crippen molar-refractivity contribution in [3.8, 4) is 0 Å². The number of allylic oxidation sites excluding steroid dienone is 3. The minimum Gasteiger partial charge on any atom is -0.481 e. The number of rotatable bonds is 24. The van der Waals surface area contributed by atoms with Crippen LogP contribution in [0.1, 0.15) is 169 Å². The lowest BCUT2D eigenvalue weighted by Crippen LogP contribution is -1.93. The second kappa shape index (κ2) is 30.9. The third-order valence-corrected chi connectivity index (χ3v) is 6.53. The molecule has 0 aliphatic carbocycles. The number of carbonyl (C=O) groups is 1. The van der Waals surface area contributed by atoms with Crippen LogP contribution in [0.2, 0.25) is 0 Å². The highest BCUT2D eigenvalue weighted by Crippen LogP contribution is 2.14. The molecule has 0 saturated carbocycles. The summed E-state index contributed by atoms with van der Waals surface area (Å²) in [5.74, 6) is -0.651. The molecule has 0 amide bonds. The maximum absolute atomic E-state index is 10.4. The number of unbranched alkanes of at least 4 members (excludes halogenated alkanes) is 18. The first-order valence-corrected chi connectivity index (χ1v) is 15.1. The number of carboxylic acids is 1. The summed E-state index contributed by atoms with van der Waals surface area (Å²) in [4.78, 5) is 10.4. The van der Waals surface area contributed by atoms with Crippen LogP contribution in [0.4, 0.5) is 0 Å². The van der Waals surface area contributed by atoms with Crippen LogP contribution >= 0.6 is 0 Å². The van der Waals surface area contributed by atoms with Gasteiger partial charge in [-0.1, -0.05) is 146 Å². The zero-order valence-corrected chi connectivity index (χ0v) is 24.2. The number of aliphatic hydroxyl groups is 1. The van der Waals surface area contributed by atoms with Gasteiger partial charge in [-0.05, 0) is 40.0 Å². The van der Waals surface area contributed by atoms with Crippen molar-refractivity contribution in [2.24, 2.45) is 0 Å². The van der Waals surface area contributed by atoms with Crippen LogP contribution in [0.5, 0.6) is 0 Å². The number of carboxylic acid groups (broad SMARTS) is 1. The molecule has 0 fully saturated rings. The highest BCUT2D eigenvalue weighted by Gasteiger charge is 1.97. The Labute approximate surface area is 219 Å². The molecule has 2 N–H and O–H groups in total. The van der Waals surface area contributed by atoms with Crippen molar-refractivity contribution in [2.45, 2.75) is 169 Å². The Bertz CT molecular complexity index is 489. The van der Waals surface area contributed by atoms with Crippen LogP contribution in [0.25, 0.3) is 0 Å². The zero-order chi connectivity index (χ0) is 26.4. The van der Waals surface area contributed by atoms with Crippen molar-refractivity contribution in [3.63, 3.8) is 0 Å². The largest absolute Gasteiger partial charge is 0.481 e. The quantitative estimate of drug-likeness (QED) is 0.104. The molecule has 3 nitrogen and oxygen atoms in total. The average molecular weight is 495 g/mol. The van der Waals surface area contributed by atoms with Gasteiger partial charge in [-0.15, -0.1) is 0 Å². The number of hydrogen-bond acceptors (Lipinski definition) is 2. The summed E-state index contributed by atoms with van der Waals surface area (Å²) in [5.41, 5.74) is 2.63. The van der Waals surface area contributed by atoms with E-state index in [0.717, 1.165) is 25.7 Å². The van der Waals surface area contributed by atoms with Crippen molar-refractivity contribution in [1.29, 1.82) is 0 Å². The molecular formula is C32H62O3. The summed E-state index contributed by atoms with van der Waals surface area (Å²) >= 11 is 0. The Kier molecular flexibility index (Phi) is 31.9. The summed E-state index contributed by atoms with van der Waals surface area (Å²) in [6.45, 7) is 8.71. The van der Waals surface area contributed by atoms with Crippen LogP contribution in [0, 0.1) is 0 Å². The summed E-state index contributed by atoms with van der Waals surface area (Å²) < 4.78 is 0. The number of aliphatic carboxylic acids is 1. The van der Waals surface area contributed by atoms with Gasteiger partial charge in [-0.2, -0.15) is 0 Å². The summed E-state index contributed by atoms with van der Waals surface area (Å²) in [5, 5.41) is 17.1. The first-order chi connectivity index (χ1) is 16.9. The monoisotopic (exact) mass is 494 g/mol. The van der Waals surface area contributed by atoms with Crippen molar-refractivity contribution in [3.05, 3.63) is 23.3 Å². The van der Waals surface area contributed by atoms with Gasteiger partial charge >= 0.3 is 5.97 Å². The van der Waals surface area contributed by atoms with E-state index in [1.165, 1.54) is 120 Å². The molecule has 35 heavy (non-hydrogen) atoms. The fourth-order valence-electron chi connectivity index (χ4n) is 4.20. The summed E-state index contributed by atoms with van der Waals surface area (Å²) in [6.07, 6.45) is 32.3. The van der Waals surface area contributed by atoms with E-state index in [2.05, 4.69) is 33.8 Å². The van der Waals surface area contributed by atoms with Crippen molar-refractivity contribution in [2.75, 3.05) is 6.61 Å². The highest BCUT2D eigenvalue weighted by molar-refractivity contribution is 5.66. The average Bonchev–Trinajstić information content (AvgIpc) is 2.81. The smallest absolute Gasteiger partial charge is 0.303 e. The number of hydrogen-bond donors (Lipinski definition) is 2. The molecule has 0 spiro atoms. The minimum atomic E-state index is -0.651. The fourth-order valence-corrected chi connectivity index (χ4v) is 4.20. The predicted octanol–water partition coefficient (Wildman–Crippen LogP) is 10.6. The van der Waals surface area contributed by atoms with Gasteiger partial charge in [0, 0.05) is 6.42 Å². The molecule has 0 aromatic heterocycles. The lowest BCUT2D eigenvalue weighted by atomic mass is 10.0. The van der Waals surface area contributed by atoms with Crippen LogP contribution in [0.15, 0.2) is 23.3 Å². The lowest BCUT2D eigenvalue weighted by Gasteiger charge is -2.03. The fraction of sp³-hybridized carbons (Fsp3) is 0.844. The van der Waals surface area contributed by atoms with E-state index in [9.17, 15) is 4.79 Å². The van der Waals surface area contributed by atoms with Gasteiger partial charge in [-0.25, -0.2) is 0 Å². The van der Waals surface area contributed by atoms with Gasteiger partial charge < -0.3 is 10.2 Å². The molecule has 0 aliphatic rings. The molecule has 0 aromatic carbocycles. The van der Waals surface area contributed by atoms with Gasteiger partial charge in [0.05, 0.1) is 6.61 Å². The van der Waals surface area contributed by atoms with E-state index in [4.69, 9.17) is 10.2 Å². The molecule has 0 atom stereocenters. The Morgan fingerprint density at radius 1 is 0.571 bits per heavy atom. The molecule has 0 aliphatic heterocycles. The van der Waals surface area contributed by atoms with Gasteiger partial charge in [0.2, 0.25) is 0 Å². The Balaban J connectivity index is 0. The first-order valence-electron chi connectivity index (χ1n) is 15.1. The molecule has 0 radical (unpaired) electrons. The molecule has 0 aromatic rings. The van der Waals surface area contributed by atoms with E-state index in [1.807, 2.05) is 6.08 Å². The third kappa shape index (κ3) is 37.6. The first kappa shape index (κ1) is 36.1. The second-order valence-electron chi connectivity index (χ2n) is 10.6. The minimum absolute atomic E-state index is 0.167. The van der Waals surface area contributed by atoms with E-state index >= 15 is 0 Å². The lowest BCUT2D eigenvalue weighted by molar-refractivity contribution is -0.137. The summed E-state index contributed by atoms with van der Waals surface area (Å²) in [7, 11) is 0. The second-order valence-corrected chi connectivity index (χ2v) is 10.6. The van der Waals surface area contributed by atoms with Gasteiger partial charge in [0.15, 0.2) is 0 Å². The molecule has 0 unspecified atom stereocenters. The normalized spacial score (nSPS) is 11.2. The van der Waals surface area contributed by atoms with Crippen LogP contribution < -0.4 is 0 Å². The highest BCUT2D eigenvalue weighted by atomic mass is 16.4. The molecule has 3 heteroatoms. The van der Waals surface area contributed by atoms with E-state index in [0.29, 0.717) is 6.42 Å². The molecule has 208 valence electrons. The molecule has 0 saturated heterocycles. The Morgan fingerprint density at radius 2 is 0.943 bits per heavy atom. The van der Waals surface area contributed by atoms with Crippen molar-refractivity contribution in [1.82, 2.24) is 0 Å². The standard InChI is InChI=1S/C22H44O2.C10H18O/c1-2-3-4-5-6-7-8-9-10-11-12-13-14-15-16-17-18-19-20-21-22(23)24;1-9(2)5-4-6-10(3)7-8-11/h2-21H2,1H3,(H,23,24);5,7,11H,4,6,8H2,1-3H3/b;10-7+. The van der Waals surface area contributed by atoms with E-state index < -0.39 is 5.97 Å². The topological polar surface area (TPSA) is 57.5 Å². The van der Waals surface area contributed by atoms with Gasteiger partial charge in [0.25, 0.3) is 0 Å². The summed E-state index contributed by atoms with van der Waals surface area (Å²) in [6, 6.07) is 0. The van der Waals surface area contributed by atoms with Crippen molar-refractivity contribution < 1.29 is 15.0 Å². The molecule has 0 heterocycles. The number of aliphatic hydroxyl groups excluding tert-OH is 1. The van der Waals surface area contributed by atoms with Gasteiger partial charge in [-0.3, -0.25) is 4.79 Å².